The molecule has 2 rings (SSSR count). The van der Waals surface area contributed by atoms with Gasteiger partial charge in [0.25, 0.3) is 5.91 Å². The van der Waals surface area contributed by atoms with Crippen LogP contribution in [-0.4, -0.2) is 46.4 Å². The largest absolute Gasteiger partial charge is 0.373 e. The van der Waals surface area contributed by atoms with Crippen molar-refractivity contribution in [3.8, 4) is 0 Å². The summed E-state index contributed by atoms with van der Waals surface area (Å²) in [6.07, 6.45) is 0. The summed E-state index contributed by atoms with van der Waals surface area (Å²) in [6.45, 7) is 5.86. The number of hydrogen-bond acceptors (Lipinski definition) is 4. The Morgan fingerprint density at radius 3 is 2.89 bits per heavy atom. The van der Waals surface area contributed by atoms with Gasteiger partial charge in [0.2, 0.25) is 0 Å². The predicted molar refractivity (Wildman–Crippen MR) is 81.2 cm³/mol. The van der Waals surface area contributed by atoms with Gasteiger partial charge in [-0.1, -0.05) is 11.6 Å². The molecule has 0 spiro atoms. The zero-order valence-electron chi connectivity index (χ0n) is 11.4. The summed E-state index contributed by atoms with van der Waals surface area (Å²) < 4.78 is 0.108. The zero-order chi connectivity index (χ0) is 14.0. The molecule has 19 heavy (non-hydrogen) atoms. The molecule has 1 amide bonds. The van der Waals surface area contributed by atoms with Crippen molar-refractivity contribution in [2.75, 3.05) is 31.2 Å². The first-order valence-electron chi connectivity index (χ1n) is 6.20. The minimum Gasteiger partial charge on any atom is -0.373 e. The molecule has 0 bridgehead atoms. The lowest BCUT2D eigenvalue weighted by Crippen LogP contribution is -2.46. The number of thioether (sulfide) groups is 1. The molecule has 104 valence electrons. The Morgan fingerprint density at radius 1 is 1.53 bits per heavy atom. The highest BCUT2D eigenvalue weighted by Crippen LogP contribution is 2.30. The molecular formula is C13H18ClN3OS. The molecule has 0 atom stereocenters. The van der Waals surface area contributed by atoms with E-state index < -0.39 is 0 Å². The van der Waals surface area contributed by atoms with Crippen molar-refractivity contribution in [3.05, 3.63) is 22.8 Å². The van der Waals surface area contributed by atoms with E-state index in [0.29, 0.717) is 16.5 Å². The molecule has 1 aliphatic rings. The number of nitrogens with zero attached hydrogens (tertiary/aromatic N) is 2. The summed E-state index contributed by atoms with van der Waals surface area (Å²) in [5, 5.41) is 3.25. The Hall–Kier alpha value is -0.940. The van der Waals surface area contributed by atoms with Gasteiger partial charge in [0.1, 0.15) is 11.0 Å². The fourth-order valence-electron chi connectivity index (χ4n) is 2.12. The average Bonchev–Trinajstić information content (AvgIpc) is 2.35. The molecule has 1 aromatic heterocycles. The quantitative estimate of drug-likeness (QED) is 0.853. The topological polar surface area (TPSA) is 45.2 Å². The fourth-order valence-corrected chi connectivity index (χ4v) is 3.44. The lowest BCUT2D eigenvalue weighted by atomic mass is 10.1. The van der Waals surface area contributed by atoms with E-state index in [1.54, 1.807) is 19.2 Å². The molecule has 0 unspecified atom stereocenters. The second-order valence-electron chi connectivity index (χ2n) is 5.15. The van der Waals surface area contributed by atoms with Crippen LogP contribution in [0.25, 0.3) is 0 Å². The Bertz CT molecular complexity index is 493. The van der Waals surface area contributed by atoms with E-state index in [4.69, 9.17) is 11.6 Å². The van der Waals surface area contributed by atoms with E-state index in [0.717, 1.165) is 18.8 Å². The maximum atomic E-state index is 12.5. The van der Waals surface area contributed by atoms with Crippen LogP contribution in [0.2, 0.25) is 5.15 Å². The molecule has 1 aromatic rings. The minimum atomic E-state index is 0.0224. The number of nitrogens with one attached hydrogen (secondary N) is 1. The minimum absolute atomic E-state index is 0.0224. The van der Waals surface area contributed by atoms with Gasteiger partial charge < -0.3 is 10.2 Å². The van der Waals surface area contributed by atoms with E-state index in [1.165, 1.54) is 0 Å². The molecule has 1 N–H and O–H groups in total. The highest BCUT2D eigenvalue weighted by atomic mass is 35.5. The zero-order valence-corrected chi connectivity index (χ0v) is 12.9. The fraction of sp³-hybridized carbons (Fsp3) is 0.538. The smallest absolute Gasteiger partial charge is 0.254 e. The molecule has 1 saturated heterocycles. The number of carbonyl (C=O) groups is 1. The molecule has 4 nitrogen and oxygen atoms in total. The summed E-state index contributed by atoms with van der Waals surface area (Å²) in [7, 11) is 1.76. The Balaban J connectivity index is 2.21. The Kier molecular flexibility index (Phi) is 4.26. The van der Waals surface area contributed by atoms with E-state index in [1.807, 2.05) is 16.7 Å². The van der Waals surface area contributed by atoms with Gasteiger partial charge >= 0.3 is 0 Å². The lowest BCUT2D eigenvalue weighted by Gasteiger charge is -2.37. The van der Waals surface area contributed by atoms with Crippen LogP contribution in [-0.2, 0) is 0 Å². The van der Waals surface area contributed by atoms with Crippen LogP contribution in [0.4, 0.5) is 5.82 Å². The van der Waals surface area contributed by atoms with Crippen molar-refractivity contribution >= 4 is 35.1 Å². The van der Waals surface area contributed by atoms with Crippen LogP contribution < -0.4 is 5.32 Å². The van der Waals surface area contributed by atoms with Crippen LogP contribution in [0.1, 0.15) is 24.2 Å². The molecule has 2 heterocycles. The van der Waals surface area contributed by atoms with E-state index in [2.05, 4.69) is 24.1 Å². The highest BCUT2D eigenvalue weighted by molar-refractivity contribution is 8.00. The Labute approximate surface area is 122 Å². The molecule has 1 aliphatic heterocycles. The number of pyridine rings is 1. The van der Waals surface area contributed by atoms with Crippen molar-refractivity contribution < 1.29 is 4.79 Å². The van der Waals surface area contributed by atoms with Crippen LogP contribution in [0.15, 0.2) is 12.1 Å². The van der Waals surface area contributed by atoms with Crippen LogP contribution in [0.5, 0.6) is 0 Å². The van der Waals surface area contributed by atoms with E-state index >= 15 is 0 Å². The number of anilines is 1. The van der Waals surface area contributed by atoms with Crippen LogP contribution in [0, 0.1) is 0 Å². The monoisotopic (exact) mass is 299 g/mol. The molecular weight excluding hydrogens is 282 g/mol. The number of aromatic nitrogens is 1. The SMILES string of the molecule is CNc1cc(C(=O)N2CCSC(C)(C)C2)cc(Cl)n1. The van der Waals surface area contributed by atoms with Gasteiger partial charge in [-0.3, -0.25) is 4.79 Å². The van der Waals surface area contributed by atoms with Gasteiger partial charge in [-0.05, 0) is 26.0 Å². The molecule has 1 fully saturated rings. The first-order valence-corrected chi connectivity index (χ1v) is 7.56. The van der Waals surface area contributed by atoms with E-state index in [9.17, 15) is 4.79 Å². The van der Waals surface area contributed by atoms with Crippen molar-refractivity contribution in [1.82, 2.24) is 9.88 Å². The van der Waals surface area contributed by atoms with Crippen LogP contribution >= 0.6 is 23.4 Å². The number of hydrogen-bond donors (Lipinski definition) is 1. The maximum absolute atomic E-state index is 12.5. The molecule has 0 aliphatic carbocycles. The van der Waals surface area contributed by atoms with Crippen molar-refractivity contribution in [1.29, 1.82) is 0 Å². The number of amides is 1. The third kappa shape index (κ3) is 3.54. The van der Waals surface area contributed by atoms with Crippen molar-refractivity contribution in [2.45, 2.75) is 18.6 Å². The normalized spacial score (nSPS) is 18.2. The first kappa shape index (κ1) is 14.5. The predicted octanol–water partition coefficient (Wildman–Crippen LogP) is 2.74. The van der Waals surface area contributed by atoms with Gasteiger partial charge in [-0.15, -0.1) is 0 Å². The average molecular weight is 300 g/mol. The first-order chi connectivity index (χ1) is 8.91. The second-order valence-corrected chi connectivity index (χ2v) is 7.34. The molecule has 6 heteroatoms. The van der Waals surface area contributed by atoms with Gasteiger partial charge in [0, 0.05) is 36.2 Å². The van der Waals surface area contributed by atoms with Crippen molar-refractivity contribution in [2.24, 2.45) is 0 Å². The second kappa shape index (κ2) is 5.59. The number of rotatable bonds is 2. The summed E-state index contributed by atoms with van der Waals surface area (Å²) >= 11 is 7.84. The van der Waals surface area contributed by atoms with Gasteiger partial charge in [-0.25, -0.2) is 4.98 Å². The third-order valence-corrected chi connectivity index (χ3v) is 4.50. The summed E-state index contributed by atoms with van der Waals surface area (Å²) in [6, 6.07) is 3.36. The summed E-state index contributed by atoms with van der Waals surface area (Å²) in [5.41, 5.74) is 0.590. The van der Waals surface area contributed by atoms with Gasteiger partial charge in [0.15, 0.2) is 0 Å². The number of halogens is 1. The van der Waals surface area contributed by atoms with Gasteiger partial charge in [0.05, 0.1) is 0 Å². The third-order valence-electron chi connectivity index (χ3n) is 3.01. The summed E-state index contributed by atoms with van der Waals surface area (Å²) in [4.78, 5) is 18.5. The molecule has 0 aromatic carbocycles. The highest BCUT2D eigenvalue weighted by Gasteiger charge is 2.30. The standard InChI is InChI=1S/C13H18ClN3OS/c1-13(2)8-17(4-5-19-13)12(18)9-6-10(14)16-11(7-9)15-3/h6-7H,4-5,8H2,1-3H3,(H,15,16). The van der Waals surface area contributed by atoms with Crippen molar-refractivity contribution in [3.63, 3.8) is 0 Å². The van der Waals surface area contributed by atoms with Crippen LogP contribution in [0.3, 0.4) is 0 Å². The molecule has 0 radical (unpaired) electrons. The lowest BCUT2D eigenvalue weighted by molar-refractivity contribution is 0.0748. The van der Waals surface area contributed by atoms with Gasteiger partial charge in [-0.2, -0.15) is 11.8 Å². The molecule has 0 saturated carbocycles. The number of carbonyl (C=O) groups excluding carboxylic acids is 1. The maximum Gasteiger partial charge on any atom is 0.254 e. The Morgan fingerprint density at radius 2 is 2.26 bits per heavy atom. The summed E-state index contributed by atoms with van der Waals surface area (Å²) in [5.74, 6) is 1.60. The van der Waals surface area contributed by atoms with E-state index in [-0.39, 0.29) is 10.7 Å².